The van der Waals surface area contributed by atoms with Crippen LogP contribution in [0.15, 0.2) is 36.0 Å². The molecule has 1 amide bonds. The van der Waals surface area contributed by atoms with Gasteiger partial charge >= 0.3 is 0 Å². The van der Waals surface area contributed by atoms with Crippen LogP contribution >= 0.6 is 11.6 Å². The Morgan fingerprint density at radius 3 is 2.93 bits per heavy atom. The number of rotatable bonds is 8. The molecule has 3 rings (SSSR count). The van der Waals surface area contributed by atoms with E-state index in [-0.39, 0.29) is 23.5 Å². The molecule has 156 valence electrons. The van der Waals surface area contributed by atoms with Crippen molar-refractivity contribution in [2.24, 2.45) is 11.7 Å². The van der Waals surface area contributed by atoms with Crippen LogP contribution in [0.4, 0.5) is 0 Å². The van der Waals surface area contributed by atoms with E-state index in [4.69, 9.17) is 26.8 Å². The molecule has 3 aliphatic rings. The van der Waals surface area contributed by atoms with Gasteiger partial charge in [-0.3, -0.25) is 4.79 Å². The molecule has 0 saturated carbocycles. The highest BCUT2D eigenvalue weighted by molar-refractivity contribution is 6.25. The zero-order chi connectivity index (χ0) is 19.8. The number of alkyl halides is 1. The van der Waals surface area contributed by atoms with Gasteiger partial charge in [-0.05, 0) is 45.1 Å². The fourth-order valence-electron chi connectivity index (χ4n) is 4.05. The van der Waals surface area contributed by atoms with Crippen molar-refractivity contribution >= 4 is 17.5 Å². The van der Waals surface area contributed by atoms with E-state index in [9.17, 15) is 4.79 Å². The number of unbranched alkanes of at least 4 members (excludes halogenated alkanes) is 2. The van der Waals surface area contributed by atoms with Gasteiger partial charge < -0.3 is 20.1 Å². The normalized spacial score (nSPS) is 30.4. The van der Waals surface area contributed by atoms with E-state index in [0.29, 0.717) is 32.0 Å². The average Bonchev–Trinajstić information content (AvgIpc) is 2.74. The van der Waals surface area contributed by atoms with Crippen molar-refractivity contribution < 1.29 is 14.3 Å². The van der Waals surface area contributed by atoms with Crippen molar-refractivity contribution in [3.63, 3.8) is 0 Å². The van der Waals surface area contributed by atoms with Gasteiger partial charge in [0.25, 0.3) is 5.91 Å². The molecule has 6 heteroatoms. The summed E-state index contributed by atoms with van der Waals surface area (Å²) in [6.07, 6.45) is 16.2. The summed E-state index contributed by atoms with van der Waals surface area (Å²) in [4.78, 5) is 15.0. The van der Waals surface area contributed by atoms with Crippen molar-refractivity contribution in [2.45, 2.75) is 56.1 Å². The highest BCUT2D eigenvalue weighted by Gasteiger charge is 2.34. The Kier molecular flexibility index (Phi) is 8.59. The summed E-state index contributed by atoms with van der Waals surface area (Å²) in [6.45, 7) is 3.31. The molecule has 28 heavy (non-hydrogen) atoms. The third-order valence-electron chi connectivity index (χ3n) is 5.73. The molecule has 1 fully saturated rings. The summed E-state index contributed by atoms with van der Waals surface area (Å²) in [5, 5.41) is -0.283. The quantitative estimate of drug-likeness (QED) is 0.494. The molecule has 4 atom stereocenters. The first-order valence-corrected chi connectivity index (χ1v) is 11.0. The molecular weight excluding hydrogens is 376 g/mol. The first-order chi connectivity index (χ1) is 13.7. The highest BCUT2D eigenvalue weighted by Crippen LogP contribution is 2.29. The lowest BCUT2D eigenvalue weighted by molar-refractivity contribution is -0.136. The minimum atomic E-state index is -0.283. The van der Waals surface area contributed by atoms with E-state index in [0.717, 1.165) is 50.8 Å². The monoisotopic (exact) mass is 408 g/mol. The third-order valence-corrected chi connectivity index (χ3v) is 6.14. The maximum absolute atomic E-state index is 13.1. The fourth-order valence-corrected chi connectivity index (χ4v) is 4.43. The van der Waals surface area contributed by atoms with Gasteiger partial charge in [-0.2, -0.15) is 0 Å². The van der Waals surface area contributed by atoms with Crippen LogP contribution in [0.3, 0.4) is 0 Å². The van der Waals surface area contributed by atoms with Gasteiger partial charge in [0.05, 0.1) is 24.2 Å². The summed E-state index contributed by atoms with van der Waals surface area (Å²) in [5.74, 6) is 0.398. The fraction of sp³-hybridized carbons (Fsp3) is 0.682. The summed E-state index contributed by atoms with van der Waals surface area (Å²) in [6, 6.07) is 0. The van der Waals surface area contributed by atoms with Crippen LogP contribution in [0, 0.1) is 5.92 Å². The molecule has 1 aliphatic heterocycles. The average molecular weight is 409 g/mol. The first-order valence-electron chi connectivity index (χ1n) is 10.6. The third kappa shape index (κ3) is 5.93. The van der Waals surface area contributed by atoms with Crippen LogP contribution in [-0.4, -0.2) is 61.2 Å². The molecule has 4 unspecified atom stereocenters. The SMILES string of the molecule is NCCCCCOC1CC=C(C(=O)N2CCOC(C3C=CC=CC3)C2)C(Cl)C1. The number of carbonyl (C=O) groups excluding carboxylic acids is 1. The summed E-state index contributed by atoms with van der Waals surface area (Å²) < 4.78 is 11.9. The molecule has 1 saturated heterocycles. The number of nitrogens with zero attached hydrogens (tertiary/aromatic N) is 1. The van der Waals surface area contributed by atoms with Crippen LogP contribution in [0.1, 0.15) is 38.5 Å². The van der Waals surface area contributed by atoms with E-state index in [1.165, 1.54) is 0 Å². The number of halogens is 1. The van der Waals surface area contributed by atoms with Crippen LogP contribution in [-0.2, 0) is 14.3 Å². The van der Waals surface area contributed by atoms with Gasteiger partial charge in [-0.1, -0.05) is 30.4 Å². The lowest BCUT2D eigenvalue weighted by atomic mass is 9.92. The lowest BCUT2D eigenvalue weighted by Crippen LogP contribution is -2.49. The van der Waals surface area contributed by atoms with Gasteiger partial charge in [0.2, 0.25) is 0 Å². The van der Waals surface area contributed by atoms with Crippen LogP contribution in [0.2, 0.25) is 0 Å². The predicted octanol–water partition coefficient (Wildman–Crippen LogP) is 3.19. The van der Waals surface area contributed by atoms with Crippen molar-refractivity contribution in [2.75, 3.05) is 32.8 Å². The minimum Gasteiger partial charge on any atom is -0.378 e. The number of ether oxygens (including phenoxy) is 2. The molecule has 0 spiro atoms. The van der Waals surface area contributed by atoms with Gasteiger partial charge in [0, 0.05) is 31.2 Å². The van der Waals surface area contributed by atoms with Gasteiger partial charge in [-0.15, -0.1) is 11.6 Å². The standard InChI is InChI=1S/C22H33ClN2O3/c23-20-15-18(27-13-6-2-5-11-24)9-10-19(20)22(26)25-12-14-28-21(16-25)17-7-3-1-4-8-17/h1,3-4,7,10,17-18,20-21H,2,5-6,8-9,11-16,24H2. The molecule has 0 aromatic rings. The Balaban J connectivity index is 1.49. The molecule has 2 N–H and O–H groups in total. The predicted molar refractivity (Wildman–Crippen MR) is 112 cm³/mol. The van der Waals surface area contributed by atoms with Crippen molar-refractivity contribution in [1.29, 1.82) is 0 Å². The minimum absolute atomic E-state index is 0.0569. The van der Waals surface area contributed by atoms with Crippen molar-refractivity contribution in [3.8, 4) is 0 Å². The smallest absolute Gasteiger partial charge is 0.251 e. The molecule has 5 nitrogen and oxygen atoms in total. The molecular formula is C22H33ClN2O3. The molecule has 1 heterocycles. The number of nitrogens with two attached hydrogens (primary N) is 1. The Morgan fingerprint density at radius 1 is 1.29 bits per heavy atom. The van der Waals surface area contributed by atoms with Crippen LogP contribution in [0.5, 0.6) is 0 Å². The van der Waals surface area contributed by atoms with E-state index >= 15 is 0 Å². The Morgan fingerprint density at radius 2 is 2.18 bits per heavy atom. The van der Waals surface area contributed by atoms with Crippen LogP contribution < -0.4 is 5.73 Å². The Labute approximate surface area is 173 Å². The number of carbonyl (C=O) groups is 1. The second kappa shape index (κ2) is 11.1. The van der Waals surface area contributed by atoms with Gasteiger partial charge in [-0.25, -0.2) is 0 Å². The number of hydrogen-bond acceptors (Lipinski definition) is 4. The largest absolute Gasteiger partial charge is 0.378 e. The summed E-state index contributed by atoms with van der Waals surface area (Å²) >= 11 is 6.58. The lowest BCUT2D eigenvalue weighted by Gasteiger charge is -2.38. The topological polar surface area (TPSA) is 64.8 Å². The van der Waals surface area contributed by atoms with E-state index in [2.05, 4.69) is 24.3 Å². The molecule has 0 radical (unpaired) electrons. The summed E-state index contributed by atoms with van der Waals surface area (Å²) in [5.41, 5.74) is 6.24. The van der Waals surface area contributed by atoms with Crippen molar-refractivity contribution in [1.82, 2.24) is 4.90 Å². The maximum Gasteiger partial charge on any atom is 0.251 e. The molecule has 0 aromatic heterocycles. The van der Waals surface area contributed by atoms with Gasteiger partial charge in [0.1, 0.15) is 0 Å². The Hall–Kier alpha value is -1.14. The molecule has 2 aliphatic carbocycles. The highest BCUT2D eigenvalue weighted by atomic mass is 35.5. The van der Waals surface area contributed by atoms with Gasteiger partial charge in [0.15, 0.2) is 0 Å². The summed E-state index contributed by atoms with van der Waals surface area (Å²) in [7, 11) is 0. The second-order valence-electron chi connectivity index (χ2n) is 7.81. The van der Waals surface area contributed by atoms with Crippen molar-refractivity contribution in [3.05, 3.63) is 36.0 Å². The number of amides is 1. The molecule has 0 aromatic carbocycles. The molecule has 0 bridgehead atoms. The number of morpholine rings is 1. The zero-order valence-electron chi connectivity index (χ0n) is 16.6. The Bertz CT molecular complexity index is 605. The first kappa shape index (κ1) is 21.6. The van der Waals surface area contributed by atoms with E-state index in [1.807, 2.05) is 11.0 Å². The maximum atomic E-state index is 13.1. The van der Waals surface area contributed by atoms with E-state index in [1.54, 1.807) is 0 Å². The van der Waals surface area contributed by atoms with E-state index < -0.39 is 0 Å². The zero-order valence-corrected chi connectivity index (χ0v) is 17.4. The number of hydrogen-bond donors (Lipinski definition) is 1. The second-order valence-corrected chi connectivity index (χ2v) is 8.34. The van der Waals surface area contributed by atoms with Crippen LogP contribution in [0.25, 0.3) is 0 Å². The number of allylic oxidation sites excluding steroid dienone is 3.